The van der Waals surface area contributed by atoms with Gasteiger partial charge >= 0.3 is 5.69 Å². The molecule has 5 heteroatoms. The Bertz CT molecular complexity index is 396. The van der Waals surface area contributed by atoms with Crippen molar-refractivity contribution in [1.82, 2.24) is 0 Å². The molecule has 0 atom stereocenters. The summed E-state index contributed by atoms with van der Waals surface area (Å²) >= 11 is 5.58. The van der Waals surface area contributed by atoms with Crippen LogP contribution in [0.2, 0.25) is 0 Å². The van der Waals surface area contributed by atoms with Gasteiger partial charge in [0.1, 0.15) is 0 Å². The van der Waals surface area contributed by atoms with Gasteiger partial charge in [0.15, 0.2) is 5.75 Å². The summed E-state index contributed by atoms with van der Waals surface area (Å²) in [7, 11) is 0. The van der Waals surface area contributed by atoms with Crippen LogP contribution in [0.5, 0.6) is 5.75 Å². The SMILES string of the molecule is Cc1cccc(OCCCCCCCl)c1[N+](=O)[O-]. The van der Waals surface area contributed by atoms with Crippen LogP contribution in [0, 0.1) is 17.0 Å². The molecule has 1 aromatic carbocycles. The Hall–Kier alpha value is -1.29. The second kappa shape index (κ2) is 7.93. The summed E-state index contributed by atoms with van der Waals surface area (Å²) in [5.74, 6) is 1.04. The molecule has 0 unspecified atom stereocenters. The number of ether oxygens (including phenoxy) is 1. The minimum absolute atomic E-state index is 0.0678. The first-order chi connectivity index (χ1) is 8.66. The number of hydrogen-bond donors (Lipinski definition) is 0. The van der Waals surface area contributed by atoms with Crippen LogP contribution in [0.15, 0.2) is 18.2 Å². The zero-order chi connectivity index (χ0) is 13.4. The highest BCUT2D eigenvalue weighted by molar-refractivity contribution is 6.17. The Morgan fingerprint density at radius 1 is 1.28 bits per heavy atom. The molecule has 0 spiro atoms. The predicted molar refractivity (Wildman–Crippen MR) is 72.5 cm³/mol. The largest absolute Gasteiger partial charge is 0.487 e. The molecule has 1 rings (SSSR count). The molecule has 0 aliphatic carbocycles. The number of para-hydroxylation sites is 1. The molecular weight excluding hydrogens is 254 g/mol. The van der Waals surface area contributed by atoms with Crippen molar-refractivity contribution in [3.63, 3.8) is 0 Å². The number of alkyl halides is 1. The Balaban J connectivity index is 2.47. The number of nitrogens with zero attached hydrogens (tertiary/aromatic N) is 1. The summed E-state index contributed by atoms with van der Waals surface area (Å²) < 4.78 is 5.48. The van der Waals surface area contributed by atoms with Gasteiger partial charge in [0.2, 0.25) is 0 Å². The van der Waals surface area contributed by atoms with E-state index in [0.717, 1.165) is 25.7 Å². The van der Waals surface area contributed by atoms with Crippen LogP contribution < -0.4 is 4.74 Å². The average molecular weight is 272 g/mol. The summed E-state index contributed by atoms with van der Waals surface area (Å²) in [6.07, 6.45) is 4.00. The lowest BCUT2D eigenvalue weighted by molar-refractivity contribution is -0.386. The lowest BCUT2D eigenvalue weighted by Gasteiger charge is -2.07. The number of benzene rings is 1. The van der Waals surface area contributed by atoms with Crippen LogP contribution in [0.1, 0.15) is 31.2 Å². The topological polar surface area (TPSA) is 52.4 Å². The quantitative estimate of drug-likeness (QED) is 0.310. The van der Waals surface area contributed by atoms with Crippen molar-refractivity contribution in [3.8, 4) is 5.75 Å². The van der Waals surface area contributed by atoms with E-state index in [9.17, 15) is 10.1 Å². The molecule has 0 heterocycles. The lowest BCUT2D eigenvalue weighted by Crippen LogP contribution is -2.02. The lowest BCUT2D eigenvalue weighted by atomic mass is 10.2. The van der Waals surface area contributed by atoms with Crippen LogP contribution in [0.4, 0.5) is 5.69 Å². The fourth-order valence-corrected chi connectivity index (χ4v) is 1.90. The van der Waals surface area contributed by atoms with Crippen LogP contribution in [0.25, 0.3) is 0 Å². The first-order valence-corrected chi connectivity index (χ1v) is 6.63. The minimum atomic E-state index is -0.391. The van der Waals surface area contributed by atoms with E-state index in [0.29, 0.717) is 23.8 Å². The predicted octanol–water partition coefficient (Wildman–Crippen LogP) is 4.08. The van der Waals surface area contributed by atoms with Gasteiger partial charge in [0.05, 0.1) is 11.5 Å². The van der Waals surface area contributed by atoms with Crippen molar-refractivity contribution in [2.45, 2.75) is 32.6 Å². The molecule has 0 radical (unpaired) electrons. The maximum absolute atomic E-state index is 10.9. The summed E-state index contributed by atoms with van der Waals surface area (Å²) in [5, 5.41) is 10.9. The molecule has 100 valence electrons. The third-order valence-electron chi connectivity index (χ3n) is 2.67. The number of nitro benzene ring substituents is 1. The molecular formula is C13H18ClNO3. The second-order valence-corrected chi connectivity index (χ2v) is 4.51. The highest BCUT2D eigenvalue weighted by Crippen LogP contribution is 2.30. The number of halogens is 1. The minimum Gasteiger partial charge on any atom is -0.487 e. The number of hydrogen-bond acceptors (Lipinski definition) is 3. The van der Waals surface area contributed by atoms with Crippen molar-refractivity contribution in [1.29, 1.82) is 0 Å². The first kappa shape index (κ1) is 14.8. The standard InChI is InChI=1S/C13H18ClNO3/c1-11-7-6-8-12(13(11)15(16)17)18-10-5-3-2-4-9-14/h6-8H,2-5,9-10H2,1H3. The molecule has 0 aliphatic heterocycles. The van der Waals surface area contributed by atoms with Crippen molar-refractivity contribution < 1.29 is 9.66 Å². The van der Waals surface area contributed by atoms with E-state index in [4.69, 9.17) is 16.3 Å². The summed E-state index contributed by atoms with van der Waals surface area (Å²) in [5.41, 5.74) is 0.692. The highest BCUT2D eigenvalue weighted by atomic mass is 35.5. The smallest absolute Gasteiger partial charge is 0.313 e. The molecule has 0 bridgehead atoms. The van der Waals surface area contributed by atoms with Gasteiger partial charge in [-0.15, -0.1) is 11.6 Å². The number of rotatable bonds is 8. The third kappa shape index (κ3) is 4.53. The van der Waals surface area contributed by atoms with E-state index in [1.807, 2.05) is 0 Å². The zero-order valence-electron chi connectivity index (χ0n) is 10.5. The molecule has 0 aliphatic rings. The van der Waals surface area contributed by atoms with Gasteiger partial charge in [-0.25, -0.2) is 0 Å². The fourth-order valence-electron chi connectivity index (χ4n) is 1.71. The van der Waals surface area contributed by atoms with Gasteiger partial charge in [-0.1, -0.05) is 25.0 Å². The van der Waals surface area contributed by atoms with Crippen molar-refractivity contribution in [3.05, 3.63) is 33.9 Å². The van der Waals surface area contributed by atoms with E-state index < -0.39 is 4.92 Å². The molecule has 0 fully saturated rings. The molecule has 0 saturated carbocycles. The Kier molecular flexibility index (Phi) is 6.50. The Morgan fingerprint density at radius 3 is 2.67 bits per heavy atom. The van der Waals surface area contributed by atoms with Gasteiger partial charge in [0, 0.05) is 11.4 Å². The first-order valence-electron chi connectivity index (χ1n) is 6.09. The average Bonchev–Trinajstić information content (AvgIpc) is 2.33. The fraction of sp³-hybridized carbons (Fsp3) is 0.538. The van der Waals surface area contributed by atoms with E-state index in [2.05, 4.69) is 0 Å². The summed E-state index contributed by atoms with van der Waals surface area (Å²) in [4.78, 5) is 10.5. The van der Waals surface area contributed by atoms with Gasteiger partial charge in [-0.05, 0) is 25.8 Å². The molecule has 0 aromatic heterocycles. The molecule has 0 amide bonds. The van der Waals surface area contributed by atoms with Crippen LogP contribution >= 0.6 is 11.6 Å². The molecule has 1 aromatic rings. The van der Waals surface area contributed by atoms with Crippen LogP contribution in [-0.4, -0.2) is 17.4 Å². The Morgan fingerprint density at radius 2 is 2.00 bits per heavy atom. The van der Waals surface area contributed by atoms with E-state index in [-0.39, 0.29) is 5.69 Å². The third-order valence-corrected chi connectivity index (χ3v) is 2.94. The highest BCUT2D eigenvalue weighted by Gasteiger charge is 2.17. The maximum Gasteiger partial charge on any atom is 0.313 e. The molecule has 18 heavy (non-hydrogen) atoms. The molecule has 0 saturated heterocycles. The van der Waals surface area contributed by atoms with Gasteiger partial charge in [0.25, 0.3) is 0 Å². The normalized spacial score (nSPS) is 10.3. The van der Waals surface area contributed by atoms with Crippen molar-refractivity contribution in [2.24, 2.45) is 0 Å². The maximum atomic E-state index is 10.9. The monoisotopic (exact) mass is 271 g/mol. The number of nitro groups is 1. The number of unbranched alkanes of at least 4 members (excludes halogenated alkanes) is 3. The van der Waals surface area contributed by atoms with Crippen LogP contribution in [-0.2, 0) is 0 Å². The van der Waals surface area contributed by atoms with Gasteiger partial charge in [-0.2, -0.15) is 0 Å². The Labute approximate surface area is 112 Å². The molecule has 4 nitrogen and oxygen atoms in total. The number of aryl methyl sites for hydroxylation is 1. The second-order valence-electron chi connectivity index (χ2n) is 4.13. The van der Waals surface area contributed by atoms with E-state index in [1.54, 1.807) is 25.1 Å². The van der Waals surface area contributed by atoms with Gasteiger partial charge in [-0.3, -0.25) is 10.1 Å². The molecule has 0 N–H and O–H groups in total. The summed E-state index contributed by atoms with van der Waals surface area (Å²) in [6.45, 7) is 2.22. The van der Waals surface area contributed by atoms with Gasteiger partial charge < -0.3 is 4.74 Å². The van der Waals surface area contributed by atoms with Crippen LogP contribution in [0.3, 0.4) is 0 Å². The van der Waals surface area contributed by atoms with Crippen molar-refractivity contribution in [2.75, 3.05) is 12.5 Å². The van der Waals surface area contributed by atoms with Crippen molar-refractivity contribution >= 4 is 17.3 Å². The van der Waals surface area contributed by atoms with E-state index >= 15 is 0 Å². The van der Waals surface area contributed by atoms with E-state index in [1.165, 1.54) is 0 Å². The zero-order valence-corrected chi connectivity index (χ0v) is 11.3. The summed E-state index contributed by atoms with van der Waals surface area (Å²) in [6, 6.07) is 5.13.